The molecule has 0 unspecified atom stereocenters. The Morgan fingerprint density at radius 2 is 1.15 bits per heavy atom. The lowest BCUT2D eigenvalue weighted by molar-refractivity contribution is 0.0498. The Morgan fingerprint density at radius 3 is 1.74 bits per heavy atom. The zero-order valence-electron chi connectivity index (χ0n) is 21.1. The first-order valence-corrected chi connectivity index (χ1v) is 12.5. The van der Waals surface area contributed by atoms with Gasteiger partial charge in [-0.25, -0.2) is 0 Å². The largest absolute Gasteiger partial charge is 0.508 e. The second-order valence-electron chi connectivity index (χ2n) is 8.47. The number of hydrogen-bond acceptors (Lipinski definition) is 6. The van der Waals surface area contributed by atoms with Gasteiger partial charge in [-0.05, 0) is 30.7 Å². The lowest BCUT2D eigenvalue weighted by atomic mass is 10.0. The standard InChI is InChI=1S/C28H42O6/c1-4-5-6-7-8-9-10-11-12-13-18-32-24-15-17-26(28(20-24)34-22-31-3)25-16-14-23(29)19-27(25)33-21-30-2/h14-17,19-20,29H,4-13,18,21-22H2,1-3H3. The molecule has 190 valence electrons. The van der Waals surface area contributed by atoms with Crippen molar-refractivity contribution >= 4 is 0 Å². The SMILES string of the molecule is CCCCCCCCCCCCOc1ccc(-c2ccc(O)cc2OCOC)c(OCOC)c1. The average Bonchev–Trinajstić information content (AvgIpc) is 2.85. The number of phenols is 1. The molecule has 0 atom stereocenters. The van der Waals surface area contributed by atoms with Crippen LogP contribution in [0.5, 0.6) is 23.0 Å². The molecule has 0 heterocycles. The van der Waals surface area contributed by atoms with Crippen LogP contribution in [0.25, 0.3) is 11.1 Å². The highest BCUT2D eigenvalue weighted by Gasteiger charge is 2.14. The highest BCUT2D eigenvalue weighted by molar-refractivity contribution is 5.77. The van der Waals surface area contributed by atoms with Crippen LogP contribution in [0.4, 0.5) is 0 Å². The van der Waals surface area contributed by atoms with Gasteiger partial charge < -0.3 is 28.8 Å². The van der Waals surface area contributed by atoms with Gasteiger partial charge in [-0.1, -0.05) is 64.7 Å². The smallest absolute Gasteiger partial charge is 0.188 e. The summed E-state index contributed by atoms with van der Waals surface area (Å²) in [5.41, 5.74) is 1.59. The molecule has 0 bridgehead atoms. The maximum atomic E-state index is 9.88. The van der Waals surface area contributed by atoms with Crippen LogP contribution in [0.2, 0.25) is 0 Å². The molecule has 0 aliphatic heterocycles. The summed E-state index contributed by atoms with van der Waals surface area (Å²) in [5.74, 6) is 1.99. The minimum Gasteiger partial charge on any atom is -0.508 e. The molecular formula is C28H42O6. The van der Waals surface area contributed by atoms with Crippen LogP contribution in [-0.4, -0.2) is 39.5 Å². The van der Waals surface area contributed by atoms with Gasteiger partial charge in [-0.3, -0.25) is 0 Å². The van der Waals surface area contributed by atoms with Crippen molar-refractivity contribution in [2.45, 2.75) is 71.1 Å². The van der Waals surface area contributed by atoms with E-state index in [4.69, 9.17) is 23.7 Å². The first-order chi connectivity index (χ1) is 16.7. The number of rotatable bonds is 19. The predicted molar refractivity (Wildman–Crippen MR) is 136 cm³/mol. The normalized spacial score (nSPS) is 10.9. The second kappa shape index (κ2) is 17.1. The van der Waals surface area contributed by atoms with Crippen molar-refractivity contribution in [2.75, 3.05) is 34.4 Å². The van der Waals surface area contributed by atoms with Gasteiger partial charge in [0.05, 0.1) is 6.61 Å². The minimum absolute atomic E-state index is 0.0742. The summed E-state index contributed by atoms with van der Waals surface area (Å²) in [6.45, 7) is 3.13. The number of unbranched alkanes of at least 4 members (excludes halogenated alkanes) is 9. The fourth-order valence-corrected chi connectivity index (χ4v) is 3.81. The molecule has 0 aromatic heterocycles. The number of phenolic OH excluding ortho intramolecular Hbond substituents is 1. The van der Waals surface area contributed by atoms with Crippen molar-refractivity contribution < 1.29 is 28.8 Å². The monoisotopic (exact) mass is 474 g/mol. The van der Waals surface area contributed by atoms with E-state index in [1.807, 2.05) is 18.2 Å². The van der Waals surface area contributed by atoms with E-state index in [1.165, 1.54) is 57.8 Å². The molecular weight excluding hydrogens is 432 g/mol. The van der Waals surface area contributed by atoms with Gasteiger partial charge in [0, 0.05) is 37.5 Å². The van der Waals surface area contributed by atoms with E-state index in [2.05, 4.69) is 6.92 Å². The Bertz CT molecular complexity index is 807. The van der Waals surface area contributed by atoms with Gasteiger partial charge in [0.1, 0.15) is 23.0 Å². The topological polar surface area (TPSA) is 66.4 Å². The van der Waals surface area contributed by atoms with Crippen molar-refractivity contribution in [1.82, 2.24) is 0 Å². The summed E-state index contributed by atoms with van der Waals surface area (Å²) in [4.78, 5) is 0. The maximum absolute atomic E-state index is 9.88. The van der Waals surface area contributed by atoms with E-state index in [0.717, 1.165) is 23.3 Å². The van der Waals surface area contributed by atoms with E-state index in [1.54, 1.807) is 32.4 Å². The van der Waals surface area contributed by atoms with Crippen molar-refractivity contribution in [3.63, 3.8) is 0 Å². The first-order valence-electron chi connectivity index (χ1n) is 12.5. The zero-order chi connectivity index (χ0) is 24.4. The van der Waals surface area contributed by atoms with Gasteiger partial charge >= 0.3 is 0 Å². The molecule has 0 fully saturated rings. The third-order valence-electron chi connectivity index (χ3n) is 5.64. The van der Waals surface area contributed by atoms with Gasteiger partial charge in [0.15, 0.2) is 13.6 Å². The lowest BCUT2D eigenvalue weighted by Gasteiger charge is -2.16. The summed E-state index contributed by atoms with van der Waals surface area (Å²) in [6, 6.07) is 10.7. The molecule has 2 aromatic carbocycles. The summed E-state index contributed by atoms with van der Waals surface area (Å²) in [6.07, 6.45) is 13.0. The molecule has 0 radical (unpaired) electrons. The zero-order valence-corrected chi connectivity index (χ0v) is 21.1. The van der Waals surface area contributed by atoms with Gasteiger partial charge in [-0.15, -0.1) is 0 Å². The van der Waals surface area contributed by atoms with Crippen LogP contribution >= 0.6 is 0 Å². The summed E-state index contributed by atoms with van der Waals surface area (Å²) >= 11 is 0. The van der Waals surface area contributed by atoms with Crippen molar-refractivity contribution in [1.29, 1.82) is 0 Å². The molecule has 2 aromatic rings. The molecule has 0 amide bonds. The van der Waals surface area contributed by atoms with Crippen LogP contribution in [0.1, 0.15) is 71.1 Å². The molecule has 0 aliphatic carbocycles. The quantitative estimate of drug-likeness (QED) is 0.170. The molecule has 0 spiro atoms. The Hall–Kier alpha value is -2.44. The Balaban J connectivity index is 1.90. The number of benzene rings is 2. The highest BCUT2D eigenvalue weighted by Crippen LogP contribution is 2.40. The van der Waals surface area contributed by atoms with E-state index < -0.39 is 0 Å². The van der Waals surface area contributed by atoms with Crippen molar-refractivity contribution in [3.05, 3.63) is 36.4 Å². The third-order valence-corrected chi connectivity index (χ3v) is 5.64. The van der Waals surface area contributed by atoms with Crippen molar-refractivity contribution in [3.8, 4) is 34.1 Å². The van der Waals surface area contributed by atoms with Crippen LogP contribution < -0.4 is 14.2 Å². The molecule has 0 aliphatic rings. The van der Waals surface area contributed by atoms with Gasteiger partial charge in [0.25, 0.3) is 0 Å². The average molecular weight is 475 g/mol. The Kier molecular flexibility index (Phi) is 14.0. The van der Waals surface area contributed by atoms with Crippen LogP contribution in [0.3, 0.4) is 0 Å². The fraction of sp³-hybridized carbons (Fsp3) is 0.571. The summed E-state index contributed by atoms with van der Waals surface area (Å²) in [7, 11) is 3.13. The number of aromatic hydroxyl groups is 1. The molecule has 0 saturated heterocycles. The Morgan fingerprint density at radius 1 is 0.618 bits per heavy atom. The molecule has 6 heteroatoms. The molecule has 0 saturated carbocycles. The molecule has 2 rings (SSSR count). The van der Waals surface area contributed by atoms with E-state index in [0.29, 0.717) is 18.1 Å². The molecule has 1 N–H and O–H groups in total. The van der Waals surface area contributed by atoms with Gasteiger partial charge in [-0.2, -0.15) is 0 Å². The van der Waals surface area contributed by atoms with Gasteiger partial charge in [0.2, 0.25) is 0 Å². The highest BCUT2D eigenvalue weighted by atomic mass is 16.7. The fourth-order valence-electron chi connectivity index (χ4n) is 3.81. The van der Waals surface area contributed by atoms with Crippen molar-refractivity contribution in [2.24, 2.45) is 0 Å². The number of hydrogen-bond donors (Lipinski definition) is 1. The number of ether oxygens (including phenoxy) is 5. The third kappa shape index (κ3) is 10.2. The second-order valence-corrected chi connectivity index (χ2v) is 8.47. The van der Waals surface area contributed by atoms with E-state index in [-0.39, 0.29) is 19.3 Å². The maximum Gasteiger partial charge on any atom is 0.188 e. The molecule has 6 nitrogen and oxygen atoms in total. The molecule has 34 heavy (non-hydrogen) atoms. The first kappa shape index (κ1) is 27.8. The van der Waals surface area contributed by atoms with E-state index in [9.17, 15) is 5.11 Å². The summed E-state index contributed by atoms with van der Waals surface area (Å²) in [5, 5.41) is 9.88. The minimum atomic E-state index is 0.0742. The van der Waals surface area contributed by atoms with Crippen LogP contribution in [0.15, 0.2) is 36.4 Å². The predicted octanol–water partition coefficient (Wildman–Crippen LogP) is 7.32. The lowest BCUT2D eigenvalue weighted by Crippen LogP contribution is -2.04. The van der Waals surface area contributed by atoms with Crippen LogP contribution in [0, 0.1) is 0 Å². The van der Waals surface area contributed by atoms with Crippen LogP contribution in [-0.2, 0) is 9.47 Å². The Labute approximate surface area is 205 Å². The van der Waals surface area contributed by atoms with E-state index >= 15 is 0 Å². The summed E-state index contributed by atoms with van der Waals surface area (Å²) < 4.78 is 27.6. The number of methoxy groups -OCH3 is 2.